The molecule has 104 valence electrons. The van der Waals surface area contributed by atoms with E-state index >= 15 is 0 Å². The average molecular weight is 256 g/mol. The van der Waals surface area contributed by atoms with Crippen LogP contribution in [-0.4, -0.2) is 24.6 Å². The first-order valence-corrected chi connectivity index (χ1v) is 6.84. The predicted molar refractivity (Wildman–Crippen MR) is 67.9 cm³/mol. The molecule has 0 aromatic carbocycles. The van der Waals surface area contributed by atoms with Crippen LogP contribution in [0.4, 0.5) is 0 Å². The second-order valence-electron chi connectivity index (χ2n) is 5.42. The van der Waals surface area contributed by atoms with Gasteiger partial charge in [-0.25, -0.2) is 0 Å². The molecule has 0 amide bonds. The van der Waals surface area contributed by atoms with Crippen molar-refractivity contribution in [2.45, 2.75) is 59.0 Å². The van der Waals surface area contributed by atoms with Crippen LogP contribution >= 0.6 is 0 Å². The van der Waals surface area contributed by atoms with E-state index in [2.05, 4.69) is 13.8 Å². The Kier molecular flexibility index (Phi) is 6.16. The molecule has 2 aliphatic rings. The number of carbonyl (C=O) groups excluding carboxylic acids is 2. The largest absolute Gasteiger partial charge is 0.465 e. The molecule has 2 rings (SSSR count). The Balaban J connectivity index is 0.000000184. The first-order chi connectivity index (χ1) is 8.49. The highest BCUT2D eigenvalue weighted by Gasteiger charge is 2.21. The third-order valence-corrected chi connectivity index (χ3v) is 3.44. The minimum absolute atomic E-state index is 0.0306. The third-order valence-electron chi connectivity index (χ3n) is 3.44. The van der Waals surface area contributed by atoms with E-state index in [0.717, 1.165) is 19.3 Å². The molecule has 0 aromatic heterocycles. The lowest BCUT2D eigenvalue weighted by Gasteiger charge is -2.24. The van der Waals surface area contributed by atoms with Crippen molar-refractivity contribution in [3.05, 3.63) is 0 Å². The zero-order chi connectivity index (χ0) is 13.5. The molecule has 0 saturated carbocycles. The van der Waals surface area contributed by atoms with E-state index in [9.17, 15) is 9.59 Å². The monoisotopic (exact) mass is 256 g/mol. The summed E-state index contributed by atoms with van der Waals surface area (Å²) in [5.41, 5.74) is 0. The molecule has 4 heteroatoms. The van der Waals surface area contributed by atoms with Crippen LogP contribution < -0.4 is 0 Å². The SMILES string of the molecule is CC(C)C1CCC(=O)OC1.CC1CCCC(=O)O1. The van der Waals surface area contributed by atoms with E-state index in [1.807, 2.05) is 6.92 Å². The summed E-state index contributed by atoms with van der Waals surface area (Å²) in [6.07, 6.45) is 4.44. The molecule has 4 nitrogen and oxygen atoms in total. The topological polar surface area (TPSA) is 52.6 Å². The van der Waals surface area contributed by atoms with E-state index in [4.69, 9.17) is 9.47 Å². The molecule has 0 aromatic rings. The van der Waals surface area contributed by atoms with E-state index < -0.39 is 0 Å². The number of rotatable bonds is 1. The van der Waals surface area contributed by atoms with Crippen molar-refractivity contribution in [3.63, 3.8) is 0 Å². The average Bonchev–Trinajstić information content (AvgIpc) is 2.30. The Morgan fingerprint density at radius 2 is 1.83 bits per heavy atom. The summed E-state index contributed by atoms with van der Waals surface area (Å²) in [4.78, 5) is 21.1. The van der Waals surface area contributed by atoms with Crippen LogP contribution in [0, 0.1) is 11.8 Å². The van der Waals surface area contributed by atoms with Crippen molar-refractivity contribution in [2.75, 3.05) is 6.61 Å². The lowest BCUT2D eigenvalue weighted by molar-refractivity contribution is -0.152. The van der Waals surface area contributed by atoms with Crippen LogP contribution in [0.5, 0.6) is 0 Å². The maximum Gasteiger partial charge on any atom is 0.306 e. The van der Waals surface area contributed by atoms with Gasteiger partial charge in [-0.1, -0.05) is 13.8 Å². The van der Waals surface area contributed by atoms with E-state index in [1.54, 1.807) is 0 Å². The number of ether oxygens (including phenoxy) is 2. The Hall–Kier alpha value is -1.06. The van der Waals surface area contributed by atoms with Gasteiger partial charge in [-0.05, 0) is 38.0 Å². The number of cyclic esters (lactones) is 2. The maximum absolute atomic E-state index is 10.6. The van der Waals surface area contributed by atoms with Gasteiger partial charge in [0.15, 0.2) is 0 Å². The zero-order valence-electron chi connectivity index (χ0n) is 11.6. The minimum atomic E-state index is -0.0382. The Morgan fingerprint density at radius 1 is 1.11 bits per heavy atom. The van der Waals surface area contributed by atoms with Gasteiger partial charge < -0.3 is 9.47 Å². The number of carbonyl (C=O) groups is 2. The molecule has 2 heterocycles. The number of esters is 2. The Bertz CT molecular complexity index is 276. The van der Waals surface area contributed by atoms with Gasteiger partial charge in [0.25, 0.3) is 0 Å². The van der Waals surface area contributed by atoms with Gasteiger partial charge in [0.1, 0.15) is 0 Å². The molecule has 2 fully saturated rings. The fourth-order valence-corrected chi connectivity index (χ4v) is 2.06. The van der Waals surface area contributed by atoms with Gasteiger partial charge in [0.05, 0.1) is 12.7 Å². The molecule has 18 heavy (non-hydrogen) atoms. The lowest BCUT2D eigenvalue weighted by atomic mass is 9.91. The number of hydrogen-bond donors (Lipinski definition) is 0. The second-order valence-corrected chi connectivity index (χ2v) is 5.42. The maximum atomic E-state index is 10.6. The standard InChI is InChI=1S/C8H14O2.C6H10O2/c1-6(2)7-3-4-8(9)10-5-7;1-5-3-2-4-6(7)8-5/h6-7H,3-5H2,1-2H3;5H,2-4H2,1H3. The predicted octanol–water partition coefficient (Wildman–Crippen LogP) is 2.70. The molecule has 0 N–H and O–H groups in total. The van der Waals surface area contributed by atoms with Crippen molar-refractivity contribution in [3.8, 4) is 0 Å². The van der Waals surface area contributed by atoms with Crippen molar-refractivity contribution < 1.29 is 19.1 Å². The molecule has 2 atom stereocenters. The summed E-state index contributed by atoms with van der Waals surface area (Å²) in [5.74, 6) is 1.17. The molecule has 0 bridgehead atoms. The van der Waals surface area contributed by atoms with Crippen molar-refractivity contribution in [2.24, 2.45) is 11.8 Å². The number of hydrogen-bond acceptors (Lipinski definition) is 4. The van der Waals surface area contributed by atoms with Crippen LogP contribution in [0.1, 0.15) is 52.9 Å². The van der Waals surface area contributed by atoms with Crippen LogP contribution in [0.3, 0.4) is 0 Å². The highest BCUT2D eigenvalue weighted by Crippen LogP contribution is 2.21. The molecule has 0 spiro atoms. The minimum Gasteiger partial charge on any atom is -0.465 e. The highest BCUT2D eigenvalue weighted by molar-refractivity contribution is 5.70. The Morgan fingerprint density at radius 3 is 2.22 bits per heavy atom. The van der Waals surface area contributed by atoms with Crippen molar-refractivity contribution >= 4 is 11.9 Å². The molecule has 2 unspecified atom stereocenters. The van der Waals surface area contributed by atoms with E-state index in [1.165, 1.54) is 0 Å². The summed E-state index contributed by atoms with van der Waals surface area (Å²) in [6, 6.07) is 0. The first-order valence-electron chi connectivity index (χ1n) is 6.84. The molecule has 0 aliphatic carbocycles. The van der Waals surface area contributed by atoms with Gasteiger partial charge >= 0.3 is 11.9 Å². The van der Waals surface area contributed by atoms with Crippen molar-refractivity contribution in [1.82, 2.24) is 0 Å². The highest BCUT2D eigenvalue weighted by atomic mass is 16.5. The van der Waals surface area contributed by atoms with Crippen LogP contribution in [-0.2, 0) is 19.1 Å². The second kappa shape index (κ2) is 7.39. The van der Waals surface area contributed by atoms with Gasteiger partial charge in [-0.15, -0.1) is 0 Å². The van der Waals surface area contributed by atoms with Gasteiger partial charge in [0, 0.05) is 12.8 Å². The molecule has 2 aliphatic heterocycles. The summed E-state index contributed by atoms with van der Waals surface area (Å²) >= 11 is 0. The molecule has 2 saturated heterocycles. The van der Waals surface area contributed by atoms with Gasteiger partial charge in [-0.2, -0.15) is 0 Å². The van der Waals surface area contributed by atoms with Gasteiger partial charge in [-0.3, -0.25) is 9.59 Å². The smallest absolute Gasteiger partial charge is 0.306 e. The first kappa shape index (κ1) is 15.0. The Labute approximate surface area is 109 Å². The third kappa shape index (κ3) is 5.52. The quantitative estimate of drug-likeness (QED) is 0.677. The molecular weight excluding hydrogens is 232 g/mol. The van der Waals surface area contributed by atoms with Gasteiger partial charge in [0.2, 0.25) is 0 Å². The van der Waals surface area contributed by atoms with Crippen LogP contribution in [0.2, 0.25) is 0 Å². The summed E-state index contributed by atoms with van der Waals surface area (Å²) in [7, 11) is 0. The zero-order valence-corrected chi connectivity index (χ0v) is 11.6. The fraction of sp³-hybridized carbons (Fsp3) is 0.857. The van der Waals surface area contributed by atoms with Crippen LogP contribution in [0.25, 0.3) is 0 Å². The summed E-state index contributed by atoms with van der Waals surface area (Å²) in [6.45, 7) is 6.90. The van der Waals surface area contributed by atoms with E-state index in [-0.39, 0.29) is 18.0 Å². The fourth-order valence-electron chi connectivity index (χ4n) is 2.06. The molecule has 0 radical (unpaired) electrons. The summed E-state index contributed by atoms with van der Waals surface area (Å²) in [5, 5.41) is 0. The molecular formula is C14H24O4. The normalized spacial score (nSPS) is 28.0. The summed E-state index contributed by atoms with van der Waals surface area (Å²) < 4.78 is 9.76. The van der Waals surface area contributed by atoms with Crippen LogP contribution in [0.15, 0.2) is 0 Å². The van der Waals surface area contributed by atoms with E-state index in [0.29, 0.717) is 31.3 Å². The van der Waals surface area contributed by atoms with Crippen molar-refractivity contribution in [1.29, 1.82) is 0 Å². The lowest BCUT2D eigenvalue weighted by Crippen LogP contribution is -2.25.